The number of hydrogen-bond donors (Lipinski definition) is 0. The van der Waals surface area contributed by atoms with Gasteiger partial charge in [0, 0.05) is 23.5 Å². The Kier molecular flexibility index (Phi) is 5.20. The van der Waals surface area contributed by atoms with Gasteiger partial charge in [0.1, 0.15) is 17.3 Å². The van der Waals surface area contributed by atoms with Gasteiger partial charge in [0.25, 0.3) is 0 Å². The fourth-order valence-corrected chi connectivity index (χ4v) is 5.29. The highest BCUT2D eigenvalue weighted by Crippen LogP contribution is 2.57. The minimum atomic E-state index is -5.76. The lowest BCUT2D eigenvalue weighted by Gasteiger charge is -2.39. The van der Waals surface area contributed by atoms with Crippen LogP contribution in [0.2, 0.25) is 0 Å². The first-order chi connectivity index (χ1) is 14.6. The van der Waals surface area contributed by atoms with Gasteiger partial charge in [-0.1, -0.05) is 30.3 Å². The van der Waals surface area contributed by atoms with Crippen LogP contribution < -0.4 is 9.47 Å². The average molecular weight is 454 g/mol. The molecule has 0 spiro atoms. The molecule has 0 fully saturated rings. The minimum Gasteiger partial charge on any atom is -0.497 e. The van der Waals surface area contributed by atoms with E-state index in [4.69, 9.17) is 9.47 Å². The first-order valence-corrected chi connectivity index (χ1v) is 11.1. The predicted octanol–water partition coefficient (Wildman–Crippen LogP) is 4.71. The van der Waals surface area contributed by atoms with E-state index in [2.05, 4.69) is 4.18 Å². The lowest BCUT2D eigenvalue weighted by Crippen LogP contribution is -2.36. The van der Waals surface area contributed by atoms with Crippen molar-refractivity contribution in [3.63, 3.8) is 0 Å². The third kappa shape index (κ3) is 3.44. The fraction of sp³-hybridized carbons (Fsp3) is 0.364. The van der Waals surface area contributed by atoms with E-state index in [-0.39, 0.29) is 18.1 Å². The molecular weight excluding hydrogens is 433 g/mol. The van der Waals surface area contributed by atoms with Crippen LogP contribution in [-0.2, 0) is 26.1 Å². The molecule has 0 amide bonds. The summed E-state index contributed by atoms with van der Waals surface area (Å²) in [5.74, 6) is 0.907. The van der Waals surface area contributed by atoms with E-state index in [0.717, 1.165) is 16.7 Å². The summed E-state index contributed by atoms with van der Waals surface area (Å²) in [6.45, 7) is 0. The van der Waals surface area contributed by atoms with Crippen LogP contribution in [0.4, 0.5) is 13.2 Å². The van der Waals surface area contributed by atoms with Crippen molar-refractivity contribution in [3.05, 3.63) is 71.0 Å². The zero-order valence-corrected chi connectivity index (χ0v) is 17.7. The molecule has 2 aromatic carbocycles. The van der Waals surface area contributed by atoms with E-state index in [1.807, 2.05) is 36.4 Å². The topological polar surface area (TPSA) is 61.8 Å². The summed E-state index contributed by atoms with van der Waals surface area (Å²) < 4.78 is 77.8. The average Bonchev–Trinajstić information content (AvgIpc) is 3.07. The summed E-state index contributed by atoms with van der Waals surface area (Å²) in [4.78, 5) is 0. The van der Waals surface area contributed by atoms with Gasteiger partial charge in [-0.3, -0.25) is 0 Å². The molecule has 2 aliphatic carbocycles. The number of halogens is 3. The Morgan fingerprint density at radius 2 is 1.77 bits per heavy atom. The molecule has 4 rings (SSSR count). The van der Waals surface area contributed by atoms with Crippen LogP contribution in [0.3, 0.4) is 0 Å². The number of allylic oxidation sites excluding steroid dienone is 2. The highest BCUT2D eigenvalue weighted by atomic mass is 32.2. The summed E-state index contributed by atoms with van der Waals surface area (Å²) in [6.07, 6.45) is 2.71. The lowest BCUT2D eigenvalue weighted by atomic mass is 9.65. The van der Waals surface area contributed by atoms with E-state index >= 15 is 0 Å². The van der Waals surface area contributed by atoms with Gasteiger partial charge < -0.3 is 13.7 Å². The molecule has 0 aromatic heterocycles. The maximum atomic E-state index is 12.9. The molecule has 2 aromatic rings. The number of ether oxygens (including phenoxy) is 2. The molecule has 0 N–H and O–H groups in total. The molecule has 2 atom stereocenters. The van der Waals surface area contributed by atoms with Crippen LogP contribution in [0, 0.1) is 5.92 Å². The molecule has 0 heterocycles. The van der Waals surface area contributed by atoms with Crippen LogP contribution in [0.1, 0.15) is 29.5 Å². The molecule has 0 saturated heterocycles. The van der Waals surface area contributed by atoms with Crippen molar-refractivity contribution in [1.82, 2.24) is 0 Å². The van der Waals surface area contributed by atoms with Crippen molar-refractivity contribution in [1.29, 1.82) is 0 Å². The number of methoxy groups -OCH3 is 2. The number of fused-ring (bicyclic) bond motifs is 3. The molecule has 0 aliphatic heterocycles. The molecule has 0 bridgehead atoms. The number of rotatable bonds is 5. The molecule has 5 nitrogen and oxygen atoms in total. The Labute approximate surface area is 178 Å². The zero-order valence-electron chi connectivity index (χ0n) is 16.9. The van der Waals surface area contributed by atoms with Crippen molar-refractivity contribution < 1.29 is 35.2 Å². The summed E-state index contributed by atoms with van der Waals surface area (Å²) in [5.41, 5.74) is -3.82. The summed E-state index contributed by atoms with van der Waals surface area (Å²) in [6, 6.07) is 12.9. The maximum absolute atomic E-state index is 12.9. The van der Waals surface area contributed by atoms with Gasteiger partial charge in [-0.05, 0) is 42.0 Å². The molecular formula is C22H21F3O5S. The van der Waals surface area contributed by atoms with Gasteiger partial charge in [0.2, 0.25) is 0 Å². The van der Waals surface area contributed by atoms with Crippen molar-refractivity contribution in [2.75, 3.05) is 14.2 Å². The molecule has 2 aliphatic rings. The fourth-order valence-electron chi connectivity index (χ4n) is 4.78. The third-order valence-electron chi connectivity index (χ3n) is 6.02. The number of benzene rings is 2. The molecule has 0 radical (unpaired) electrons. The normalized spacial score (nSPS) is 22.9. The van der Waals surface area contributed by atoms with Gasteiger partial charge in [0.15, 0.2) is 0 Å². The summed E-state index contributed by atoms with van der Waals surface area (Å²) in [5, 5.41) is 0. The van der Waals surface area contributed by atoms with Crippen LogP contribution in [-0.4, -0.2) is 28.1 Å². The van der Waals surface area contributed by atoms with Gasteiger partial charge >= 0.3 is 15.6 Å². The van der Waals surface area contributed by atoms with Gasteiger partial charge in [-0.25, -0.2) is 0 Å². The Hall–Kier alpha value is -2.68. The van der Waals surface area contributed by atoms with Crippen molar-refractivity contribution in [2.24, 2.45) is 5.92 Å². The second-order valence-electron chi connectivity index (χ2n) is 7.63. The SMILES string of the molecule is COc1cc2c(c(OC)c1)[C@@]1(c3ccccc3)C=C(OS(=O)(=O)C(F)(F)F)CC[C@H]1C2. The summed E-state index contributed by atoms with van der Waals surface area (Å²) >= 11 is 0. The van der Waals surface area contributed by atoms with Gasteiger partial charge in [-0.2, -0.15) is 21.6 Å². The molecule has 31 heavy (non-hydrogen) atoms. The Morgan fingerprint density at radius 3 is 2.39 bits per heavy atom. The van der Waals surface area contributed by atoms with Crippen molar-refractivity contribution in [2.45, 2.75) is 30.2 Å². The molecule has 0 saturated carbocycles. The highest BCUT2D eigenvalue weighted by molar-refractivity contribution is 7.87. The Balaban J connectivity index is 1.95. The van der Waals surface area contributed by atoms with Crippen LogP contribution >= 0.6 is 0 Å². The monoisotopic (exact) mass is 454 g/mol. The quantitative estimate of drug-likeness (QED) is 0.484. The van der Waals surface area contributed by atoms with E-state index in [0.29, 0.717) is 24.3 Å². The van der Waals surface area contributed by atoms with Crippen LogP contribution in [0.25, 0.3) is 0 Å². The molecule has 9 heteroatoms. The van der Waals surface area contributed by atoms with E-state index in [1.165, 1.54) is 13.2 Å². The Morgan fingerprint density at radius 1 is 1.06 bits per heavy atom. The lowest BCUT2D eigenvalue weighted by molar-refractivity contribution is -0.0525. The highest BCUT2D eigenvalue weighted by Gasteiger charge is 2.53. The van der Waals surface area contributed by atoms with Gasteiger partial charge in [0.05, 0.1) is 14.2 Å². The van der Waals surface area contributed by atoms with E-state index in [1.54, 1.807) is 13.2 Å². The number of hydrogen-bond acceptors (Lipinski definition) is 5. The van der Waals surface area contributed by atoms with Crippen LogP contribution in [0.5, 0.6) is 11.5 Å². The smallest absolute Gasteiger partial charge is 0.497 e. The maximum Gasteiger partial charge on any atom is 0.534 e. The first-order valence-electron chi connectivity index (χ1n) is 9.65. The zero-order chi connectivity index (χ0) is 22.4. The minimum absolute atomic E-state index is 0.00755. The Bertz CT molecular complexity index is 1130. The number of alkyl halides is 3. The van der Waals surface area contributed by atoms with Crippen molar-refractivity contribution in [3.8, 4) is 11.5 Å². The van der Waals surface area contributed by atoms with E-state index in [9.17, 15) is 21.6 Å². The standard InChI is InChI=1S/C22H21F3O5S/c1-28-18-11-14-10-16-8-9-17(30-31(26,27)22(23,24)25)13-21(16,15-6-4-3-5-7-15)20(14)19(12-18)29-2/h3-7,11-13,16H,8-10H2,1-2H3/t16-,21+/m0/s1. The second-order valence-corrected chi connectivity index (χ2v) is 9.17. The summed E-state index contributed by atoms with van der Waals surface area (Å²) in [7, 11) is -2.70. The van der Waals surface area contributed by atoms with Gasteiger partial charge in [-0.15, -0.1) is 0 Å². The van der Waals surface area contributed by atoms with Crippen molar-refractivity contribution >= 4 is 10.1 Å². The van der Waals surface area contributed by atoms with Crippen LogP contribution in [0.15, 0.2) is 54.3 Å². The largest absolute Gasteiger partial charge is 0.534 e. The third-order valence-corrected chi connectivity index (χ3v) is 7.02. The predicted molar refractivity (Wildman–Crippen MR) is 107 cm³/mol. The first kappa shape index (κ1) is 21.5. The van der Waals surface area contributed by atoms with E-state index < -0.39 is 21.0 Å². The molecule has 166 valence electrons. The molecule has 0 unspecified atom stereocenters. The second kappa shape index (κ2) is 7.47.